The van der Waals surface area contributed by atoms with Gasteiger partial charge in [-0.15, -0.1) is 0 Å². The number of fused-ring (bicyclic) bond motifs is 7. The Labute approximate surface area is 246 Å². The minimum atomic E-state index is -0.121. The Hall–Kier alpha value is -1.93. The molecule has 3 heterocycles. The average Bonchev–Trinajstić information content (AvgIpc) is 3.07. The van der Waals surface area contributed by atoms with Crippen LogP contribution in [0.25, 0.3) is 0 Å². The summed E-state index contributed by atoms with van der Waals surface area (Å²) in [6.45, 7) is 5.24. The number of carbonyl (C=O) groups is 1. The summed E-state index contributed by atoms with van der Waals surface area (Å²) in [4.78, 5) is 15.7. The van der Waals surface area contributed by atoms with E-state index in [9.17, 15) is 4.79 Å². The lowest BCUT2D eigenvalue weighted by atomic mass is 9.67. The van der Waals surface area contributed by atoms with Crippen molar-refractivity contribution in [1.82, 2.24) is 4.72 Å². The molecule has 0 unspecified atom stereocenters. The van der Waals surface area contributed by atoms with E-state index in [1.165, 1.54) is 35.9 Å². The quantitative estimate of drug-likeness (QED) is 0.374. The molecule has 2 aliphatic carbocycles. The van der Waals surface area contributed by atoms with Crippen LogP contribution in [0.5, 0.6) is 5.75 Å². The first-order valence-electron chi connectivity index (χ1n) is 15.0. The van der Waals surface area contributed by atoms with E-state index < -0.39 is 0 Å². The smallest absolute Gasteiger partial charge is 0.261 e. The average molecular weight is 583 g/mol. The fourth-order valence-corrected chi connectivity index (χ4v) is 8.55. The molecule has 1 amide bonds. The lowest BCUT2D eigenvalue weighted by Crippen LogP contribution is -2.51. The summed E-state index contributed by atoms with van der Waals surface area (Å²) >= 11 is 7.85. The molecular weight excluding hydrogens is 544 g/mol. The van der Waals surface area contributed by atoms with Crippen molar-refractivity contribution in [2.75, 3.05) is 37.0 Å². The zero-order valence-corrected chi connectivity index (χ0v) is 24.8. The van der Waals surface area contributed by atoms with Crippen molar-refractivity contribution in [2.24, 2.45) is 11.8 Å². The lowest BCUT2D eigenvalue weighted by Gasteiger charge is -2.48. The van der Waals surface area contributed by atoms with Crippen molar-refractivity contribution in [1.29, 1.82) is 0 Å². The van der Waals surface area contributed by atoms with Gasteiger partial charge in [-0.3, -0.25) is 9.52 Å². The van der Waals surface area contributed by atoms with Crippen molar-refractivity contribution in [3.05, 3.63) is 58.1 Å². The minimum absolute atomic E-state index is 0.0715. The van der Waals surface area contributed by atoms with E-state index in [0.717, 1.165) is 67.4 Å². The summed E-state index contributed by atoms with van der Waals surface area (Å²) in [6.07, 6.45) is 8.23. The summed E-state index contributed by atoms with van der Waals surface area (Å²) in [5.74, 6) is 2.59. The predicted molar refractivity (Wildman–Crippen MR) is 160 cm³/mol. The summed E-state index contributed by atoms with van der Waals surface area (Å²) in [5, 5.41) is 0.800. The first-order chi connectivity index (χ1) is 19.5. The fraction of sp³-hybridized carbons (Fsp3) is 0.594. The Bertz CT molecular complexity index is 1280. The predicted octanol–water partition coefficient (Wildman–Crippen LogP) is 6.18. The van der Waals surface area contributed by atoms with Crippen LogP contribution < -0.4 is 14.4 Å². The van der Waals surface area contributed by atoms with Gasteiger partial charge >= 0.3 is 0 Å². The number of hydrogen-bond donors (Lipinski definition) is 1. The van der Waals surface area contributed by atoms with Gasteiger partial charge in [0.25, 0.3) is 5.91 Å². The number of amides is 1. The molecule has 1 saturated heterocycles. The molecular formula is C32H39ClN2O4S. The van der Waals surface area contributed by atoms with Crippen molar-refractivity contribution in [3.63, 3.8) is 0 Å². The first kappa shape index (κ1) is 26.9. The maximum Gasteiger partial charge on any atom is 0.261 e. The molecule has 40 heavy (non-hydrogen) atoms. The highest BCUT2D eigenvalue weighted by atomic mass is 35.5. The minimum Gasteiger partial charge on any atom is -0.490 e. The molecule has 1 spiro atoms. The third kappa shape index (κ3) is 5.12. The van der Waals surface area contributed by atoms with Gasteiger partial charge in [0.05, 0.1) is 37.2 Å². The Morgan fingerprint density at radius 3 is 2.95 bits per heavy atom. The molecule has 1 N–H and O–H groups in total. The SMILES string of the molecule is C[C@@H]1C[C@@H]2C[C@H](O1)[C@@H]1CC[C@H]1CN1C[C@@]3(CCCc4cc(Cl)ccc43)COc3ccc(cc31)C(=O)NSCCO2. The van der Waals surface area contributed by atoms with Crippen LogP contribution in [-0.4, -0.2) is 56.3 Å². The van der Waals surface area contributed by atoms with Gasteiger partial charge in [0.2, 0.25) is 0 Å². The molecule has 3 aliphatic heterocycles. The summed E-state index contributed by atoms with van der Waals surface area (Å²) in [7, 11) is 0. The molecule has 4 bridgehead atoms. The molecule has 214 valence electrons. The molecule has 5 aliphatic rings. The van der Waals surface area contributed by atoms with E-state index >= 15 is 0 Å². The number of rotatable bonds is 0. The highest BCUT2D eigenvalue weighted by molar-refractivity contribution is 7.97. The Morgan fingerprint density at radius 1 is 1.15 bits per heavy atom. The number of hydrogen-bond acceptors (Lipinski definition) is 6. The van der Waals surface area contributed by atoms with E-state index in [1.54, 1.807) is 0 Å². The second-order valence-electron chi connectivity index (χ2n) is 12.5. The van der Waals surface area contributed by atoms with Gasteiger partial charge in [-0.05, 0) is 111 Å². The van der Waals surface area contributed by atoms with Gasteiger partial charge in [0, 0.05) is 41.3 Å². The number of ether oxygens (including phenoxy) is 3. The largest absolute Gasteiger partial charge is 0.490 e. The van der Waals surface area contributed by atoms with Crippen molar-refractivity contribution >= 4 is 35.1 Å². The third-order valence-corrected chi connectivity index (χ3v) is 10.8. The van der Waals surface area contributed by atoms with Gasteiger partial charge in [0.1, 0.15) is 5.75 Å². The standard InChI is InChI=1S/C32H39ClN2O4S/c1-20-13-25-16-30(39-20)26-7-4-23(26)17-35-18-32(10-2-3-21-14-24(33)6-8-27(21)32)19-38-29-9-5-22(15-28(29)35)31(36)34-40-12-11-37-25/h5-6,8-9,14-15,20,23,25-26,30H,2-4,7,10-13,16-19H2,1H3,(H,34,36)/t20-,23+,25-,26-,30+,32+/m1/s1. The van der Waals surface area contributed by atoms with Gasteiger partial charge in [0.15, 0.2) is 0 Å². The highest BCUT2D eigenvalue weighted by Crippen LogP contribution is 2.48. The van der Waals surface area contributed by atoms with Crippen molar-refractivity contribution in [2.45, 2.75) is 75.6 Å². The number of nitrogens with one attached hydrogen (secondary N) is 1. The van der Waals surface area contributed by atoms with E-state index in [4.69, 9.17) is 25.8 Å². The number of carbonyl (C=O) groups excluding carboxylic acids is 1. The van der Waals surface area contributed by atoms with E-state index in [1.807, 2.05) is 24.3 Å². The van der Waals surface area contributed by atoms with E-state index in [-0.39, 0.29) is 29.6 Å². The van der Waals surface area contributed by atoms with Crippen LogP contribution in [-0.2, 0) is 21.3 Å². The number of benzene rings is 2. The van der Waals surface area contributed by atoms with Gasteiger partial charge in [-0.2, -0.15) is 0 Å². The second kappa shape index (κ2) is 11.0. The normalized spacial score (nSPS) is 34.0. The molecule has 0 aromatic heterocycles. The molecule has 2 aromatic carbocycles. The molecule has 8 heteroatoms. The van der Waals surface area contributed by atoms with Gasteiger partial charge in [-0.25, -0.2) is 0 Å². The molecule has 0 radical (unpaired) electrons. The monoisotopic (exact) mass is 582 g/mol. The van der Waals surface area contributed by atoms with Crippen LogP contribution in [0.4, 0.5) is 5.69 Å². The molecule has 1 saturated carbocycles. The van der Waals surface area contributed by atoms with Gasteiger partial charge < -0.3 is 19.1 Å². The Balaban J connectivity index is 1.26. The summed E-state index contributed by atoms with van der Waals surface area (Å²) in [5.41, 5.74) is 4.29. The van der Waals surface area contributed by atoms with Crippen LogP contribution in [0.3, 0.4) is 0 Å². The van der Waals surface area contributed by atoms with Crippen molar-refractivity contribution < 1.29 is 19.0 Å². The van der Waals surface area contributed by atoms with E-state index in [2.05, 4.69) is 28.7 Å². The van der Waals surface area contributed by atoms with Crippen LogP contribution in [0.15, 0.2) is 36.4 Å². The zero-order chi connectivity index (χ0) is 27.3. The topological polar surface area (TPSA) is 60.0 Å². The molecule has 6 nitrogen and oxygen atoms in total. The molecule has 6 atom stereocenters. The summed E-state index contributed by atoms with van der Waals surface area (Å²) in [6, 6.07) is 12.3. The highest BCUT2D eigenvalue weighted by Gasteiger charge is 2.46. The van der Waals surface area contributed by atoms with Crippen LogP contribution in [0.2, 0.25) is 5.02 Å². The second-order valence-corrected chi connectivity index (χ2v) is 13.9. The van der Waals surface area contributed by atoms with Gasteiger partial charge in [-0.1, -0.05) is 17.7 Å². The Morgan fingerprint density at radius 2 is 2.08 bits per heavy atom. The molecule has 2 fully saturated rings. The maximum absolute atomic E-state index is 13.2. The maximum atomic E-state index is 13.2. The first-order valence-corrected chi connectivity index (χ1v) is 16.3. The summed E-state index contributed by atoms with van der Waals surface area (Å²) < 4.78 is 22.5. The van der Waals surface area contributed by atoms with Crippen LogP contribution in [0, 0.1) is 11.8 Å². The Kier molecular flexibility index (Phi) is 7.44. The lowest BCUT2D eigenvalue weighted by molar-refractivity contribution is -0.146. The number of nitrogens with zero attached hydrogens (tertiary/aromatic N) is 1. The number of anilines is 1. The molecule has 7 rings (SSSR count). The van der Waals surface area contributed by atoms with Crippen LogP contribution >= 0.6 is 23.5 Å². The van der Waals surface area contributed by atoms with E-state index in [0.29, 0.717) is 30.6 Å². The third-order valence-electron chi connectivity index (χ3n) is 9.91. The number of halogens is 1. The van der Waals surface area contributed by atoms with Crippen LogP contribution in [0.1, 0.15) is 66.9 Å². The fourth-order valence-electron chi connectivity index (χ4n) is 7.83. The molecule has 2 aromatic rings. The zero-order valence-electron chi connectivity index (χ0n) is 23.2. The van der Waals surface area contributed by atoms with Crippen molar-refractivity contribution in [3.8, 4) is 5.75 Å². The number of aryl methyl sites for hydroxylation is 1.